The largest absolute Gasteiger partial charge is 0.396 e. The Hall–Kier alpha value is -2.21. The molecule has 0 aliphatic rings. The number of hydrogen-bond donors (Lipinski definition) is 1. The average molecular weight is 288 g/mol. The number of carbonyl (C=O) groups excluding carboxylic acids is 1. The van der Waals surface area contributed by atoms with Crippen LogP contribution in [-0.2, 0) is 0 Å². The highest BCUT2D eigenvalue weighted by molar-refractivity contribution is 5.92. The van der Waals surface area contributed by atoms with Crippen LogP contribution in [0.3, 0.4) is 0 Å². The number of rotatable bonds is 6. The van der Waals surface area contributed by atoms with Crippen LogP contribution in [0.5, 0.6) is 0 Å². The van der Waals surface area contributed by atoms with Crippen molar-refractivity contribution in [2.24, 2.45) is 0 Å². The molecule has 0 atom stereocenters. The van der Waals surface area contributed by atoms with E-state index in [-0.39, 0.29) is 18.6 Å². The van der Waals surface area contributed by atoms with Crippen molar-refractivity contribution in [3.05, 3.63) is 42.2 Å². The summed E-state index contributed by atoms with van der Waals surface area (Å²) in [5, 5.41) is 16.9. The second-order valence-corrected chi connectivity index (χ2v) is 5.05. The number of para-hydroxylation sites is 1. The minimum Gasteiger partial charge on any atom is -0.396 e. The Kier molecular flexibility index (Phi) is 5.05. The molecule has 1 N–H and O–H groups in total. The number of hydrogen-bond acceptors (Lipinski definition) is 4. The first-order chi connectivity index (χ1) is 10.1. The monoisotopic (exact) mass is 288 g/mol. The van der Waals surface area contributed by atoms with Crippen molar-refractivity contribution in [2.75, 3.05) is 13.2 Å². The zero-order valence-corrected chi connectivity index (χ0v) is 12.3. The highest BCUT2D eigenvalue weighted by atomic mass is 16.3. The van der Waals surface area contributed by atoms with Crippen LogP contribution in [0.4, 0.5) is 0 Å². The van der Waals surface area contributed by atoms with Crippen molar-refractivity contribution in [1.29, 1.82) is 0 Å². The molecule has 2 aromatic rings. The third kappa shape index (κ3) is 3.66. The number of benzene rings is 1. The molecule has 0 saturated heterocycles. The molecule has 1 heterocycles. The molecule has 1 aromatic heterocycles. The normalized spacial score (nSPS) is 10.9. The van der Waals surface area contributed by atoms with Gasteiger partial charge in [0.15, 0.2) is 5.69 Å². The third-order valence-electron chi connectivity index (χ3n) is 3.17. The number of aromatic nitrogens is 3. The number of aliphatic hydroxyl groups excluding tert-OH is 1. The maximum atomic E-state index is 12.5. The molecule has 6 heteroatoms. The molecule has 21 heavy (non-hydrogen) atoms. The van der Waals surface area contributed by atoms with Crippen LogP contribution in [0, 0.1) is 0 Å². The molecule has 0 saturated carbocycles. The Labute approximate surface area is 124 Å². The second kappa shape index (κ2) is 6.99. The molecule has 6 nitrogen and oxygen atoms in total. The summed E-state index contributed by atoms with van der Waals surface area (Å²) < 4.78 is 1.58. The van der Waals surface area contributed by atoms with Gasteiger partial charge in [0.2, 0.25) is 0 Å². The van der Waals surface area contributed by atoms with E-state index in [0.717, 1.165) is 5.69 Å². The molecule has 0 aliphatic heterocycles. The topological polar surface area (TPSA) is 71.2 Å². The molecule has 0 unspecified atom stereocenters. The van der Waals surface area contributed by atoms with Crippen molar-refractivity contribution >= 4 is 5.91 Å². The van der Waals surface area contributed by atoms with Crippen LogP contribution in [0.1, 0.15) is 30.8 Å². The van der Waals surface area contributed by atoms with E-state index in [2.05, 4.69) is 10.3 Å². The number of carbonyl (C=O) groups is 1. The fraction of sp³-hybridized carbons (Fsp3) is 0.400. The third-order valence-corrected chi connectivity index (χ3v) is 3.17. The van der Waals surface area contributed by atoms with Crippen LogP contribution in [-0.4, -0.2) is 50.1 Å². The number of aliphatic hydroxyl groups is 1. The van der Waals surface area contributed by atoms with Gasteiger partial charge in [-0.25, -0.2) is 4.68 Å². The van der Waals surface area contributed by atoms with Gasteiger partial charge in [-0.1, -0.05) is 23.4 Å². The van der Waals surface area contributed by atoms with E-state index in [4.69, 9.17) is 5.11 Å². The first-order valence-electron chi connectivity index (χ1n) is 7.03. The van der Waals surface area contributed by atoms with Crippen LogP contribution in [0.25, 0.3) is 5.69 Å². The molecule has 112 valence electrons. The Bertz CT molecular complexity index is 580. The summed E-state index contributed by atoms with van der Waals surface area (Å²) in [4.78, 5) is 14.2. The van der Waals surface area contributed by atoms with Gasteiger partial charge in [-0.15, -0.1) is 5.10 Å². The number of amides is 1. The molecular formula is C15H20N4O2. The lowest BCUT2D eigenvalue weighted by molar-refractivity contribution is 0.0687. The summed E-state index contributed by atoms with van der Waals surface area (Å²) in [6.07, 6.45) is 2.18. The van der Waals surface area contributed by atoms with E-state index in [1.165, 1.54) is 0 Å². The molecule has 0 spiro atoms. The van der Waals surface area contributed by atoms with E-state index in [0.29, 0.717) is 18.7 Å². The summed E-state index contributed by atoms with van der Waals surface area (Å²) in [6, 6.07) is 9.57. The van der Waals surface area contributed by atoms with Crippen molar-refractivity contribution in [1.82, 2.24) is 19.9 Å². The smallest absolute Gasteiger partial charge is 0.276 e. The first kappa shape index (κ1) is 15.2. The SMILES string of the molecule is CC(C)N(CCCO)C(=O)c1cn(-c2ccccc2)nn1. The summed E-state index contributed by atoms with van der Waals surface area (Å²) in [5.74, 6) is -0.166. The molecular weight excluding hydrogens is 268 g/mol. The van der Waals surface area contributed by atoms with Crippen molar-refractivity contribution < 1.29 is 9.90 Å². The van der Waals surface area contributed by atoms with Gasteiger partial charge < -0.3 is 10.0 Å². The van der Waals surface area contributed by atoms with Gasteiger partial charge >= 0.3 is 0 Å². The molecule has 1 aromatic carbocycles. The Morgan fingerprint density at radius 3 is 2.67 bits per heavy atom. The van der Waals surface area contributed by atoms with Gasteiger partial charge in [0.05, 0.1) is 11.9 Å². The van der Waals surface area contributed by atoms with Crippen LogP contribution >= 0.6 is 0 Å². The van der Waals surface area contributed by atoms with Gasteiger partial charge in [0, 0.05) is 19.2 Å². The predicted molar refractivity (Wildman–Crippen MR) is 79.2 cm³/mol. The van der Waals surface area contributed by atoms with E-state index in [1.54, 1.807) is 15.8 Å². The standard InChI is InChI=1S/C15H20N4O2/c1-12(2)18(9-6-10-20)15(21)14-11-19(17-16-14)13-7-4-3-5-8-13/h3-5,7-8,11-12,20H,6,9-10H2,1-2H3. The fourth-order valence-electron chi connectivity index (χ4n) is 2.05. The quantitative estimate of drug-likeness (QED) is 0.874. The van der Waals surface area contributed by atoms with Crippen LogP contribution in [0.2, 0.25) is 0 Å². The number of nitrogens with zero attached hydrogens (tertiary/aromatic N) is 4. The molecule has 0 aliphatic carbocycles. The van der Waals surface area contributed by atoms with E-state index >= 15 is 0 Å². The molecule has 1 amide bonds. The van der Waals surface area contributed by atoms with Gasteiger partial charge in [-0.2, -0.15) is 0 Å². The highest BCUT2D eigenvalue weighted by Gasteiger charge is 2.21. The summed E-state index contributed by atoms with van der Waals surface area (Å²) in [7, 11) is 0. The van der Waals surface area contributed by atoms with E-state index in [1.807, 2.05) is 44.2 Å². The van der Waals surface area contributed by atoms with Gasteiger partial charge in [-0.3, -0.25) is 4.79 Å². The van der Waals surface area contributed by atoms with Crippen LogP contribution < -0.4 is 0 Å². The lowest BCUT2D eigenvalue weighted by atomic mass is 10.2. The average Bonchev–Trinajstić information content (AvgIpc) is 2.98. The van der Waals surface area contributed by atoms with E-state index < -0.39 is 0 Å². The second-order valence-electron chi connectivity index (χ2n) is 5.05. The van der Waals surface area contributed by atoms with Gasteiger partial charge in [0.25, 0.3) is 5.91 Å². The maximum absolute atomic E-state index is 12.5. The van der Waals surface area contributed by atoms with Gasteiger partial charge in [-0.05, 0) is 32.4 Å². The molecule has 0 radical (unpaired) electrons. The summed E-state index contributed by atoms with van der Waals surface area (Å²) in [5.41, 5.74) is 1.17. The van der Waals surface area contributed by atoms with Crippen molar-refractivity contribution in [3.63, 3.8) is 0 Å². The van der Waals surface area contributed by atoms with E-state index in [9.17, 15) is 4.79 Å². The lowest BCUT2D eigenvalue weighted by Gasteiger charge is -2.25. The Morgan fingerprint density at radius 1 is 1.33 bits per heavy atom. The van der Waals surface area contributed by atoms with Crippen molar-refractivity contribution in [3.8, 4) is 5.69 Å². The molecule has 2 rings (SSSR count). The molecule has 0 bridgehead atoms. The summed E-state index contributed by atoms with van der Waals surface area (Å²) in [6.45, 7) is 4.45. The van der Waals surface area contributed by atoms with Crippen molar-refractivity contribution in [2.45, 2.75) is 26.3 Å². The Balaban J connectivity index is 2.17. The first-order valence-corrected chi connectivity index (χ1v) is 7.03. The summed E-state index contributed by atoms with van der Waals surface area (Å²) >= 11 is 0. The minimum atomic E-state index is -0.166. The Morgan fingerprint density at radius 2 is 2.05 bits per heavy atom. The zero-order valence-electron chi connectivity index (χ0n) is 12.3. The fourth-order valence-corrected chi connectivity index (χ4v) is 2.05. The highest BCUT2D eigenvalue weighted by Crippen LogP contribution is 2.10. The lowest BCUT2D eigenvalue weighted by Crippen LogP contribution is -2.38. The molecule has 0 fully saturated rings. The van der Waals surface area contributed by atoms with Crippen LogP contribution in [0.15, 0.2) is 36.5 Å². The van der Waals surface area contributed by atoms with Gasteiger partial charge in [0.1, 0.15) is 0 Å². The maximum Gasteiger partial charge on any atom is 0.276 e. The predicted octanol–water partition coefficient (Wildman–Crippen LogP) is 1.50. The minimum absolute atomic E-state index is 0.0472. The zero-order chi connectivity index (χ0) is 15.2.